The van der Waals surface area contributed by atoms with Gasteiger partial charge >= 0.3 is 12.0 Å². The first kappa shape index (κ1) is 25.1. The molecule has 200 valence electrons. The summed E-state index contributed by atoms with van der Waals surface area (Å²) < 4.78 is 22.7. The molecule has 9 heteroatoms. The van der Waals surface area contributed by atoms with Crippen LogP contribution < -0.4 is 5.32 Å². The third-order valence-corrected chi connectivity index (χ3v) is 7.07. The maximum Gasteiger partial charge on any atom is 0.337 e. The van der Waals surface area contributed by atoms with Crippen molar-refractivity contribution in [2.45, 2.75) is 19.5 Å². The molecule has 0 bridgehead atoms. The van der Waals surface area contributed by atoms with Gasteiger partial charge in [-0.1, -0.05) is 36.4 Å². The minimum Gasteiger partial charge on any atom is -0.465 e. The van der Waals surface area contributed by atoms with Gasteiger partial charge in [0.15, 0.2) is 0 Å². The fraction of sp³-hybridized carbons (Fsp3) is 0.129. The van der Waals surface area contributed by atoms with Gasteiger partial charge in [0.25, 0.3) is 0 Å². The number of nitrogens with one attached hydrogen (secondary N) is 1. The summed E-state index contributed by atoms with van der Waals surface area (Å²) in [6.45, 7) is 2.16. The number of nitrogens with zero attached hydrogens (tertiary/aromatic N) is 4. The fourth-order valence-electron chi connectivity index (χ4n) is 5.18. The SMILES string of the molecule is COC(=O)c1cccc(NC(=O)N2Cc3c(C)nn(-c4ccccc4)c3-n3cccc3[C@H]2c2ccc(F)cc2)c1. The number of amides is 2. The van der Waals surface area contributed by atoms with E-state index in [1.54, 1.807) is 41.3 Å². The second-order valence-electron chi connectivity index (χ2n) is 9.52. The van der Waals surface area contributed by atoms with Crippen LogP contribution in [0.5, 0.6) is 0 Å². The van der Waals surface area contributed by atoms with Crippen molar-refractivity contribution >= 4 is 17.7 Å². The molecule has 3 heterocycles. The van der Waals surface area contributed by atoms with Gasteiger partial charge in [-0.2, -0.15) is 5.10 Å². The van der Waals surface area contributed by atoms with Crippen molar-refractivity contribution in [1.29, 1.82) is 0 Å². The highest BCUT2D eigenvalue weighted by atomic mass is 19.1. The number of urea groups is 1. The molecule has 1 aliphatic rings. The lowest BCUT2D eigenvalue weighted by Crippen LogP contribution is -2.38. The van der Waals surface area contributed by atoms with Gasteiger partial charge in [-0.05, 0) is 67.1 Å². The van der Waals surface area contributed by atoms with Gasteiger partial charge < -0.3 is 19.5 Å². The van der Waals surface area contributed by atoms with Crippen molar-refractivity contribution < 1.29 is 18.7 Å². The Balaban J connectivity index is 1.49. The molecule has 8 nitrogen and oxygen atoms in total. The van der Waals surface area contributed by atoms with E-state index in [9.17, 15) is 14.0 Å². The summed E-state index contributed by atoms with van der Waals surface area (Å²) in [6.07, 6.45) is 1.95. The number of carbonyl (C=O) groups excluding carboxylic acids is 2. The Morgan fingerprint density at radius 1 is 0.975 bits per heavy atom. The molecule has 0 unspecified atom stereocenters. The number of carbonyl (C=O) groups is 2. The van der Waals surface area contributed by atoms with Gasteiger partial charge in [-0.25, -0.2) is 18.7 Å². The van der Waals surface area contributed by atoms with E-state index in [-0.39, 0.29) is 18.4 Å². The third kappa shape index (κ3) is 4.41. The molecule has 0 saturated heterocycles. The predicted molar refractivity (Wildman–Crippen MR) is 148 cm³/mol. The molecule has 3 aromatic carbocycles. The molecule has 2 amide bonds. The lowest BCUT2D eigenvalue weighted by Gasteiger charge is -2.31. The van der Waals surface area contributed by atoms with Crippen LogP contribution in [-0.2, 0) is 11.3 Å². The molecule has 1 aliphatic heterocycles. The van der Waals surface area contributed by atoms with Gasteiger partial charge in [0.2, 0.25) is 0 Å². The van der Waals surface area contributed by atoms with Crippen molar-refractivity contribution in [2.24, 2.45) is 0 Å². The smallest absolute Gasteiger partial charge is 0.337 e. The first-order valence-corrected chi connectivity index (χ1v) is 12.8. The number of benzene rings is 3. The van der Waals surface area contributed by atoms with Crippen LogP contribution in [-0.4, -0.2) is 38.4 Å². The Morgan fingerprint density at radius 3 is 2.50 bits per heavy atom. The molecule has 1 N–H and O–H groups in total. The van der Waals surface area contributed by atoms with E-state index in [0.717, 1.165) is 34.0 Å². The van der Waals surface area contributed by atoms with Gasteiger partial charge in [-0.15, -0.1) is 0 Å². The number of para-hydroxylation sites is 1. The molecular formula is C31H26FN5O3. The number of aryl methyl sites for hydroxylation is 1. The zero-order valence-electron chi connectivity index (χ0n) is 21.9. The van der Waals surface area contributed by atoms with Crippen LogP contribution in [0.25, 0.3) is 11.5 Å². The second-order valence-corrected chi connectivity index (χ2v) is 9.52. The van der Waals surface area contributed by atoms with Gasteiger partial charge in [0.1, 0.15) is 11.6 Å². The highest BCUT2D eigenvalue weighted by Crippen LogP contribution is 2.38. The first-order chi connectivity index (χ1) is 19.4. The Hall–Kier alpha value is -5.18. The number of aromatic nitrogens is 3. The number of hydrogen-bond acceptors (Lipinski definition) is 4. The summed E-state index contributed by atoms with van der Waals surface area (Å²) in [7, 11) is 1.31. The summed E-state index contributed by atoms with van der Waals surface area (Å²) >= 11 is 0. The lowest BCUT2D eigenvalue weighted by atomic mass is 10.0. The molecular weight excluding hydrogens is 509 g/mol. The molecule has 0 spiro atoms. The Morgan fingerprint density at radius 2 is 1.75 bits per heavy atom. The largest absolute Gasteiger partial charge is 0.465 e. The topological polar surface area (TPSA) is 81.4 Å². The van der Waals surface area contributed by atoms with E-state index in [1.807, 2.05) is 64.8 Å². The maximum absolute atomic E-state index is 14.0. The Bertz CT molecular complexity index is 1710. The maximum atomic E-state index is 14.0. The van der Waals surface area contributed by atoms with Crippen LogP contribution in [0.4, 0.5) is 14.9 Å². The molecule has 40 heavy (non-hydrogen) atoms. The van der Waals surface area contributed by atoms with Crippen LogP contribution in [0.15, 0.2) is 97.2 Å². The zero-order chi connectivity index (χ0) is 27.8. The van der Waals surface area contributed by atoms with E-state index in [0.29, 0.717) is 11.3 Å². The van der Waals surface area contributed by atoms with Crippen LogP contribution in [0.3, 0.4) is 0 Å². The summed E-state index contributed by atoms with van der Waals surface area (Å²) in [4.78, 5) is 27.8. The lowest BCUT2D eigenvalue weighted by molar-refractivity contribution is 0.0600. The Labute approximate surface area is 230 Å². The van der Waals surface area contributed by atoms with E-state index >= 15 is 0 Å². The standard InChI is InChI=1S/C31H26FN5O3/c1-20-26-19-36(31(39)33-24-9-6-8-22(18-24)30(38)40-2)28(21-13-15-23(32)16-14-21)27-12-7-17-35(27)29(26)37(34-20)25-10-4-3-5-11-25/h3-18,28H,19H2,1-2H3,(H,33,39)/t28-/m1/s1. The number of hydrogen-bond donors (Lipinski definition) is 1. The van der Waals surface area contributed by atoms with Gasteiger partial charge in [0.05, 0.1) is 42.3 Å². The molecule has 5 aromatic rings. The Kier molecular flexibility index (Phi) is 6.39. The van der Waals surface area contributed by atoms with Crippen LogP contribution >= 0.6 is 0 Å². The molecule has 0 radical (unpaired) electrons. The number of methoxy groups -OCH3 is 1. The van der Waals surface area contributed by atoms with E-state index in [2.05, 4.69) is 5.32 Å². The highest BCUT2D eigenvalue weighted by molar-refractivity contribution is 5.94. The summed E-state index contributed by atoms with van der Waals surface area (Å²) in [5.74, 6) is -0.0255. The third-order valence-electron chi connectivity index (χ3n) is 7.07. The number of halogens is 1. The van der Waals surface area contributed by atoms with Crippen molar-refractivity contribution in [3.63, 3.8) is 0 Å². The van der Waals surface area contributed by atoms with Crippen molar-refractivity contribution in [3.05, 3.63) is 131 Å². The fourth-order valence-corrected chi connectivity index (χ4v) is 5.18. The first-order valence-electron chi connectivity index (χ1n) is 12.8. The minimum atomic E-state index is -0.546. The summed E-state index contributed by atoms with van der Waals surface area (Å²) in [5.41, 5.74) is 4.89. The average Bonchev–Trinajstić information content (AvgIpc) is 3.54. The molecule has 0 aliphatic carbocycles. The van der Waals surface area contributed by atoms with E-state index in [4.69, 9.17) is 9.84 Å². The second kappa shape index (κ2) is 10.2. The normalized spacial score (nSPS) is 14.2. The summed E-state index contributed by atoms with van der Waals surface area (Å²) in [5, 5.41) is 7.80. The average molecular weight is 536 g/mol. The van der Waals surface area contributed by atoms with Crippen LogP contribution in [0.1, 0.15) is 38.9 Å². The quantitative estimate of drug-likeness (QED) is 0.285. The number of ether oxygens (including phenoxy) is 1. The van der Waals surface area contributed by atoms with Gasteiger partial charge in [0, 0.05) is 17.4 Å². The van der Waals surface area contributed by atoms with E-state index < -0.39 is 12.0 Å². The number of rotatable bonds is 4. The van der Waals surface area contributed by atoms with Crippen LogP contribution in [0, 0.1) is 12.7 Å². The van der Waals surface area contributed by atoms with E-state index in [1.165, 1.54) is 19.2 Å². The number of fused-ring (bicyclic) bond motifs is 3. The number of esters is 1. The molecule has 2 aromatic heterocycles. The molecule has 0 fully saturated rings. The molecule has 0 saturated carbocycles. The number of anilines is 1. The van der Waals surface area contributed by atoms with Crippen molar-refractivity contribution in [3.8, 4) is 11.5 Å². The van der Waals surface area contributed by atoms with Crippen molar-refractivity contribution in [1.82, 2.24) is 19.2 Å². The van der Waals surface area contributed by atoms with Crippen LogP contribution in [0.2, 0.25) is 0 Å². The van der Waals surface area contributed by atoms with Crippen molar-refractivity contribution in [2.75, 3.05) is 12.4 Å². The monoisotopic (exact) mass is 535 g/mol. The zero-order valence-corrected chi connectivity index (χ0v) is 21.9. The molecule has 1 atom stereocenters. The van der Waals surface area contributed by atoms with Gasteiger partial charge in [-0.3, -0.25) is 0 Å². The molecule has 6 rings (SSSR count). The summed E-state index contributed by atoms with van der Waals surface area (Å²) in [6, 6.07) is 25.5. The minimum absolute atomic E-state index is 0.236. The highest BCUT2D eigenvalue weighted by Gasteiger charge is 2.36. The predicted octanol–water partition coefficient (Wildman–Crippen LogP) is 6.03.